The van der Waals surface area contributed by atoms with Crippen LogP contribution < -0.4 is 4.74 Å². The molecular formula is C33H25NO. The molecule has 2 heteroatoms. The summed E-state index contributed by atoms with van der Waals surface area (Å²) in [5.74, 6) is -0.0817. The molecule has 0 amide bonds. The van der Waals surface area contributed by atoms with Gasteiger partial charge in [0.15, 0.2) is 0 Å². The minimum atomic E-state index is -1.11. The van der Waals surface area contributed by atoms with Crippen molar-refractivity contribution in [3.8, 4) is 28.3 Å². The molecule has 0 N–H and O–H groups in total. The smallest absolute Gasteiger partial charge is 0.131 e. The highest BCUT2D eigenvalue weighted by molar-refractivity contribution is 6.15. The van der Waals surface area contributed by atoms with E-state index in [-0.39, 0.29) is 58.9 Å². The first-order valence-electron chi connectivity index (χ1n) is 15.1. The van der Waals surface area contributed by atoms with Crippen LogP contribution in [0.4, 0.5) is 0 Å². The van der Waals surface area contributed by atoms with Crippen LogP contribution in [0.5, 0.6) is 11.5 Å². The van der Waals surface area contributed by atoms with Gasteiger partial charge in [0.1, 0.15) is 11.5 Å². The largest absolute Gasteiger partial charge is 0.457 e. The molecule has 5 aromatic carbocycles. The van der Waals surface area contributed by atoms with Crippen molar-refractivity contribution in [2.75, 3.05) is 0 Å². The molecule has 0 saturated carbocycles. The maximum absolute atomic E-state index is 9.49. The molecule has 0 radical (unpaired) electrons. The molecule has 1 aliphatic heterocycles. The molecule has 1 aromatic heterocycles. The Morgan fingerprint density at radius 1 is 0.714 bits per heavy atom. The average molecular weight is 459 g/mol. The lowest BCUT2D eigenvalue weighted by Crippen LogP contribution is -2.24. The van der Waals surface area contributed by atoms with E-state index in [2.05, 4.69) is 4.57 Å². The summed E-state index contributed by atoms with van der Waals surface area (Å²) in [6.45, 7) is 3.56. The number of benzene rings is 5. The Labute approximate surface area is 214 Å². The number of ether oxygens (including phenoxy) is 1. The van der Waals surface area contributed by atoms with Crippen molar-refractivity contribution in [3.63, 3.8) is 0 Å². The van der Waals surface area contributed by atoms with Crippen LogP contribution in [0.1, 0.15) is 34.6 Å². The lowest BCUT2D eigenvalue weighted by atomic mass is 9.75. The molecule has 0 unspecified atom stereocenters. The lowest BCUT2D eigenvalue weighted by molar-refractivity contribution is 0.418. The number of aromatic nitrogens is 1. The molecule has 0 aliphatic carbocycles. The number of fused-ring (bicyclic) bond motifs is 5. The highest BCUT2D eigenvalue weighted by Crippen LogP contribution is 2.49. The number of para-hydroxylation sites is 3. The molecule has 0 atom stereocenters. The Balaban J connectivity index is 1.58. The van der Waals surface area contributed by atoms with E-state index in [1.807, 2.05) is 72.8 Å². The quantitative estimate of drug-likeness (QED) is 0.253. The first-order valence-corrected chi connectivity index (χ1v) is 11.6. The Hall–Kier alpha value is -4.30. The standard InChI is InChI=1S/C33H25NO/c1-33(2)26-15-7-9-18-30(26)35-31-20-19-22(21-27(31)33)24-14-10-17-29-32(24)25-13-6-8-16-28(25)34(29)23-11-4-3-5-12-23/h3-21H,1-2H3/i7D,9D,15D,18D,19D,20D,21D. The number of rotatable bonds is 2. The molecule has 0 bridgehead atoms. The minimum Gasteiger partial charge on any atom is -0.457 e. The summed E-state index contributed by atoms with van der Waals surface area (Å²) in [6, 6.07) is 22.0. The summed E-state index contributed by atoms with van der Waals surface area (Å²) < 4.78 is 69.3. The fourth-order valence-corrected chi connectivity index (χ4v) is 5.17. The van der Waals surface area contributed by atoms with E-state index in [1.165, 1.54) is 0 Å². The molecule has 7 rings (SSSR count). The van der Waals surface area contributed by atoms with Crippen LogP contribution in [-0.4, -0.2) is 4.57 Å². The van der Waals surface area contributed by atoms with Crippen molar-refractivity contribution in [1.82, 2.24) is 4.57 Å². The van der Waals surface area contributed by atoms with E-state index < -0.39 is 11.5 Å². The molecule has 2 nitrogen and oxygen atoms in total. The predicted octanol–water partition coefficient (Wildman–Crippen LogP) is 8.88. The molecule has 35 heavy (non-hydrogen) atoms. The summed E-state index contributed by atoms with van der Waals surface area (Å²) in [5, 5.41) is 1.81. The van der Waals surface area contributed by atoms with E-state index in [9.17, 15) is 1.37 Å². The van der Waals surface area contributed by atoms with Crippen molar-refractivity contribution in [2.45, 2.75) is 19.3 Å². The minimum absolute atomic E-state index is 0.00176. The second-order valence-corrected chi connectivity index (χ2v) is 9.27. The molecule has 0 saturated heterocycles. The topological polar surface area (TPSA) is 14.2 Å². The Morgan fingerprint density at radius 3 is 2.34 bits per heavy atom. The number of nitrogens with zero attached hydrogens (tertiary/aromatic N) is 1. The van der Waals surface area contributed by atoms with Gasteiger partial charge in [-0.15, -0.1) is 0 Å². The number of hydrogen-bond acceptors (Lipinski definition) is 1. The van der Waals surface area contributed by atoms with Crippen LogP contribution in [0.2, 0.25) is 0 Å². The molecule has 168 valence electrons. The third kappa shape index (κ3) is 2.90. The first-order chi connectivity index (χ1) is 20.1. The van der Waals surface area contributed by atoms with Crippen molar-refractivity contribution in [2.24, 2.45) is 0 Å². The van der Waals surface area contributed by atoms with E-state index in [0.29, 0.717) is 11.1 Å². The van der Waals surface area contributed by atoms with Crippen molar-refractivity contribution < 1.29 is 14.3 Å². The molecule has 1 aliphatic rings. The fraction of sp³-hybridized carbons (Fsp3) is 0.0909. The van der Waals surface area contributed by atoms with Crippen LogP contribution in [0, 0.1) is 0 Å². The van der Waals surface area contributed by atoms with Gasteiger partial charge in [0.2, 0.25) is 0 Å². The molecular weight excluding hydrogens is 426 g/mol. The van der Waals surface area contributed by atoms with E-state index in [4.69, 9.17) is 13.0 Å². The lowest BCUT2D eigenvalue weighted by Gasteiger charge is -2.34. The third-order valence-corrected chi connectivity index (χ3v) is 6.87. The van der Waals surface area contributed by atoms with Crippen molar-refractivity contribution in [1.29, 1.82) is 0 Å². The molecule has 2 heterocycles. The Bertz CT molecular complexity index is 2120. The zero-order chi connectivity index (χ0) is 29.7. The summed E-state index contributed by atoms with van der Waals surface area (Å²) in [7, 11) is 0. The van der Waals surface area contributed by atoms with Crippen LogP contribution >= 0.6 is 0 Å². The SMILES string of the molecule is [2H]c1c([2H])c([2H])c2c(c1[2H])Oc1c([2H])c([2H])c(-c3cccc4c3c3ccccc3n4-c3ccccc3)c([2H])c1C2(C)C. The van der Waals surface area contributed by atoms with Crippen LogP contribution in [0.15, 0.2) is 115 Å². The van der Waals surface area contributed by atoms with Crippen LogP contribution in [-0.2, 0) is 5.41 Å². The van der Waals surface area contributed by atoms with Gasteiger partial charge in [-0.25, -0.2) is 0 Å². The highest BCUT2D eigenvalue weighted by Gasteiger charge is 2.34. The van der Waals surface area contributed by atoms with Crippen molar-refractivity contribution in [3.05, 3.63) is 126 Å². The average Bonchev–Trinajstić information content (AvgIpc) is 3.32. The van der Waals surface area contributed by atoms with Gasteiger partial charge < -0.3 is 9.30 Å². The van der Waals surface area contributed by atoms with Gasteiger partial charge in [-0.05, 0) is 53.5 Å². The predicted molar refractivity (Wildman–Crippen MR) is 145 cm³/mol. The summed E-state index contributed by atoms with van der Waals surface area (Å²) in [5.41, 5.74) is 3.21. The molecule has 0 fully saturated rings. The fourth-order valence-electron chi connectivity index (χ4n) is 5.17. The summed E-state index contributed by atoms with van der Waals surface area (Å²) >= 11 is 0. The molecule has 0 spiro atoms. The molecule has 6 aromatic rings. The van der Waals surface area contributed by atoms with Gasteiger partial charge in [0.25, 0.3) is 0 Å². The van der Waals surface area contributed by atoms with E-state index >= 15 is 0 Å². The third-order valence-electron chi connectivity index (χ3n) is 6.87. The van der Waals surface area contributed by atoms with Crippen LogP contribution in [0.25, 0.3) is 38.6 Å². The van der Waals surface area contributed by atoms with E-state index in [1.54, 1.807) is 13.8 Å². The zero-order valence-corrected chi connectivity index (χ0v) is 19.3. The Morgan fingerprint density at radius 2 is 1.46 bits per heavy atom. The first kappa shape index (κ1) is 14.2. The number of hydrogen-bond donors (Lipinski definition) is 0. The second-order valence-electron chi connectivity index (χ2n) is 9.27. The van der Waals surface area contributed by atoms with Gasteiger partial charge in [0, 0.05) is 33.0 Å². The van der Waals surface area contributed by atoms with Gasteiger partial charge in [-0.1, -0.05) is 86.5 Å². The zero-order valence-electron chi connectivity index (χ0n) is 26.3. The van der Waals surface area contributed by atoms with Gasteiger partial charge >= 0.3 is 0 Å². The normalized spacial score (nSPS) is 16.7. The van der Waals surface area contributed by atoms with Gasteiger partial charge in [-0.2, -0.15) is 0 Å². The monoisotopic (exact) mass is 458 g/mol. The summed E-state index contributed by atoms with van der Waals surface area (Å²) in [4.78, 5) is 0. The maximum atomic E-state index is 9.49. The van der Waals surface area contributed by atoms with Crippen molar-refractivity contribution >= 4 is 21.8 Å². The van der Waals surface area contributed by atoms with Gasteiger partial charge in [-0.3, -0.25) is 0 Å². The highest BCUT2D eigenvalue weighted by atomic mass is 16.5. The second kappa shape index (κ2) is 7.35. The Kier molecular flexibility index (Phi) is 2.98. The van der Waals surface area contributed by atoms with Crippen LogP contribution in [0.3, 0.4) is 0 Å². The maximum Gasteiger partial charge on any atom is 0.131 e. The van der Waals surface area contributed by atoms with E-state index in [0.717, 1.165) is 27.5 Å². The summed E-state index contributed by atoms with van der Waals surface area (Å²) in [6.07, 6.45) is 0. The van der Waals surface area contributed by atoms with Gasteiger partial charge in [0.05, 0.1) is 20.6 Å².